The minimum Gasteiger partial charge on any atom is -0.349 e. The Balaban J connectivity index is 2.87. The second kappa shape index (κ2) is 4.69. The Bertz CT molecular complexity index is 307. The topological polar surface area (TPSA) is 3.24 Å². The van der Waals surface area contributed by atoms with Crippen LogP contribution in [0.2, 0.25) is 0 Å². The van der Waals surface area contributed by atoms with Crippen molar-refractivity contribution in [2.75, 3.05) is 7.05 Å². The SMILES string of the molecule is C=C(C(C)C)N(C)C1=CC(C)CC=C1C. The van der Waals surface area contributed by atoms with E-state index in [4.69, 9.17) is 0 Å². The van der Waals surface area contributed by atoms with Crippen molar-refractivity contribution in [2.24, 2.45) is 11.8 Å². The molecule has 0 amide bonds. The maximum absolute atomic E-state index is 4.15. The average molecular weight is 205 g/mol. The van der Waals surface area contributed by atoms with E-state index in [9.17, 15) is 0 Å². The summed E-state index contributed by atoms with van der Waals surface area (Å²) in [6, 6.07) is 0. The molecule has 0 aliphatic heterocycles. The molecule has 1 heteroatoms. The molecule has 0 saturated carbocycles. The van der Waals surface area contributed by atoms with Gasteiger partial charge in [-0.05, 0) is 30.8 Å². The summed E-state index contributed by atoms with van der Waals surface area (Å²) in [6.45, 7) is 13.0. The van der Waals surface area contributed by atoms with Gasteiger partial charge in [0, 0.05) is 18.4 Å². The van der Waals surface area contributed by atoms with Gasteiger partial charge in [0.1, 0.15) is 0 Å². The molecule has 0 saturated heterocycles. The molecule has 0 fully saturated rings. The van der Waals surface area contributed by atoms with Crippen LogP contribution in [-0.2, 0) is 0 Å². The van der Waals surface area contributed by atoms with Crippen molar-refractivity contribution in [1.82, 2.24) is 4.90 Å². The lowest BCUT2D eigenvalue weighted by molar-refractivity contribution is 0.452. The van der Waals surface area contributed by atoms with Crippen LogP contribution in [-0.4, -0.2) is 11.9 Å². The minimum absolute atomic E-state index is 0.501. The molecular weight excluding hydrogens is 182 g/mol. The fraction of sp³-hybridized carbons (Fsp3) is 0.571. The van der Waals surface area contributed by atoms with Crippen LogP contribution < -0.4 is 0 Å². The maximum Gasteiger partial charge on any atom is 0.0394 e. The molecule has 1 rings (SSSR count). The Labute approximate surface area is 94.2 Å². The number of nitrogens with zero attached hydrogens (tertiary/aromatic N) is 1. The first-order valence-corrected chi connectivity index (χ1v) is 5.75. The van der Waals surface area contributed by atoms with Gasteiger partial charge in [-0.25, -0.2) is 0 Å². The first kappa shape index (κ1) is 12.1. The van der Waals surface area contributed by atoms with Gasteiger partial charge in [-0.3, -0.25) is 0 Å². The first-order chi connectivity index (χ1) is 6.93. The van der Waals surface area contributed by atoms with E-state index in [2.05, 4.69) is 58.4 Å². The number of allylic oxidation sites excluding steroid dienone is 4. The maximum atomic E-state index is 4.15. The molecule has 1 aliphatic rings. The van der Waals surface area contributed by atoms with Gasteiger partial charge in [-0.1, -0.05) is 39.5 Å². The molecule has 0 heterocycles. The lowest BCUT2D eigenvalue weighted by Crippen LogP contribution is -2.22. The quantitative estimate of drug-likeness (QED) is 0.674. The molecule has 0 radical (unpaired) electrons. The van der Waals surface area contributed by atoms with E-state index >= 15 is 0 Å². The average Bonchev–Trinajstić information content (AvgIpc) is 2.19. The first-order valence-electron chi connectivity index (χ1n) is 5.75. The molecule has 0 aromatic rings. The van der Waals surface area contributed by atoms with Gasteiger partial charge in [0.2, 0.25) is 0 Å². The molecule has 0 N–H and O–H groups in total. The third-order valence-electron chi connectivity index (χ3n) is 3.10. The fourth-order valence-electron chi connectivity index (χ4n) is 1.85. The molecule has 1 atom stereocenters. The van der Waals surface area contributed by atoms with E-state index < -0.39 is 0 Å². The molecular formula is C14H23N. The summed E-state index contributed by atoms with van der Waals surface area (Å²) in [5.41, 5.74) is 3.88. The Hall–Kier alpha value is -0.980. The second-order valence-electron chi connectivity index (χ2n) is 4.86. The Morgan fingerprint density at radius 1 is 1.53 bits per heavy atom. The van der Waals surface area contributed by atoms with Gasteiger partial charge in [0.15, 0.2) is 0 Å². The zero-order valence-electron chi connectivity index (χ0n) is 10.7. The fourth-order valence-corrected chi connectivity index (χ4v) is 1.85. The molecule has 1 unspecified atom stereocenters. The Morgan fingerprint density at radius 3 is 2.67 bits per heavy atom. The van der Waals surface area contributed by atoms with Crippen LogP contribution in [0.1, 0.15) is 34.1 Å². The van der Waals surface area contributed by atoms with E-state index in [1.54, 1.807) is 0 Å². The van der Waals surface area contributed by atoms with Crippen LogP contribution in [0.4, 0.5) is 0 Å². The van der Waals surface area contributed by atoms with E-state index in [0.29, 0.717) is 11.8 Å². The number of hydrogen-bond donors (Lipinski definition) is 0. The third kappa shape index (κ3) is 2.74. The predicted octanol–water partition coefficient (Wildman–Crippen LogP) is 3.96. The van der Waals surface area contributed by atoms with Gasteiger partial charge in [0.25, 0.3) is 0 Å². The number of hydrogen-bond acceptors (Lipinski definition) is 1. The third-order valence-corrected chi connectivity index (χ3v) is 3.10. The summed E-state index contributed by atoms with van der Waals surface area (Å²) < 4.78 is 0. The van der Waals surface area contributed by atoms with Crippen LogP contribution in [0.3, 0.4) is 0 Å². The van der Waals surface area contributed by atoms with Gasteiger partial charge in [-0.15, -0.1) is 0 Å². The molecule has 0 bridgehead atoms. The van der Waals surface area contributed by atoms with Crippen LogP contribution in [0.5, 0.6) is 0 Å². The van der Waals surface area contributed by atoms with Crippen molar-refractivity contribution in [3.8, 4) is 0 Å². The summed E-state index contributed by atoms with van der Waals surface area (Å²) >= 11 is 0. The van der Waals surface area contributed by atoms with Crippen molar-refractivity contribution in [3.05, 3.63) is 35.7 Å². The molecule has 0 aromatic heterocycles. The summed E-state index contributed by atoms with van der Waals surface area (Å²) in [5.74, 6) is 1.15. The standard InChI is InChI=1S/C14H23N/c1-10(2)13(5)15(6)14-9-11(3)7-8-12(14)4/h8-11H,5,7H2,1-4,6H3. The molecule has 84 valence electrons. The predicted molar refractivity (Wildman–Crippen MR) is 67.4 cm³/mol. The van der Waals surface area contributed by atoms with Crippen LogP contribution in [0, 0.1) is 11.8 Å². The van der Waals surface area contributed by atoms with Crippen molar-refractivity contribution in [1.29, 1.82) is 0 Å². The lowest BCUT2D eigenvalue weighted by Gasteiger charge is -2.30. The highest BCUT2D eigenvalue weighted by Crippen LogP contribution is 2.28. The highest BCUT2D eigenvalue weighted by Gasteiger charge is 2.16. The monoisotopic (exact) mass is 205 g/mol. The van der Waals surface area contributed by atoms with Gasteiger partial charge in [-0.2, -0.15) is 0 Å². The lowest BCUT2D eigenvalue weighted by atomic mass is 9.95. The smallest absolute Gasteiger partial charge is 0.0394 e. The van der Waals surface area contributed by atoms with Crippen LogP contribution >= 0.6 is 0 Å². The van der Waals surface area contributed by atoms with Crippen molar-refractivity contribution >= 4 is 0 Å². The van der Waals surface area contributed by atoms with Crippen LogP contribution in [0.25, 0.3) is 0 Å². The van der Waals surface area contributed by atoms with Gasteiger partial charge >= 0.3 is 0 Å². The van der Waals surface area contributed by atoms with Gasteiger partial charge < -0.3 is 4.90 Å². The largest absolute Gasteiger partial charge is 0.349 e. The van der Waals surface area contributed by atoms with E-state index in [1.165, 1.54) is 17.0 Å². The Kier molecular flexibility index (Phi) is 3.78. The van der Waals surface area contributed by atoms with Crippen LogP contribution in [0.15, 0.2) is 35.7 Å². The summed E-state index contributed by atoms with van der Waals surface area (Å²) in [6.07, 6.45) is 5.84. The molecule has 1 nitrogen and oxygen atoms in total. The second-order valence-corrected chi connectivity index (χ2v) is 4.86. The summed E-state index contributed by atoms with van der Waals surface area (Å²) in [7, 11) is 2.11. The number of likely N-dealkylation sites (N-methyl/N-ethyl adjacent to an activating group) is 1. The van der Waals surface area contributed by atoms with Crippen molar-refractivity contribution in [2.45, 2.75) is 34.1 Å². The van der Waals surface area contributed by atoms with E-state index in [0.717, 1.165) is 6.42 Å². The van der Waals surface area contributed by atoms with Gasteiger partial charge in [0.05, 0.1) is 0 Å². The van der Waals surface area contributed by atoms with Crippen molar-refractivity contribution in [3.63, 3.8) is 0 Å². The zero-order valence-corrected chi connectivity index (χ0v) is 10.7. The van der Waals surface area contributed by atoms with E-state index in [1.807, 2.05) is 0 Å². The zero-order chi connectivity index (χ0) is 11.6. The summed E-state index contributed by atoms with van der Waals surface area (Å²) in [4.78, 5) is 2.23. The molecule has 15 heavy (non-hydrogen) atoms. The molecule has 1 aliphatic carbocycles. The van der Waals surface area contributed by atoms with E-state index in [-0.39, 0.29) is 0 Å². The highest BCUT2D eigenvalue weighted by atomic mass is 15.1. The number of rotatable bonds is 3. The Morgan fingerprint density at radius 2 is 2.13 bits per heavy atom. The molecule has 0 aromatic carbocycles. The highest BCUT2D eigenvalue weighted by molar-refractivity contribution is 5.34. The minimum atomic E-state index is 0.501. The summed E-state index contributed by atoms with van der Waals surface area (Å²) in [5, 5.41) is 0. The normalized spacial score (nSPS) is 21.1. The molecule has 0 spiro atoms. The van der Waals surface area contributed by atoms with Crippen molar-refractivity contribution < 1.29 is 0 Å².